The summed E-state index contributed by atoms with van der Waals surface area (Å²) in [6.07, 6.45) is 5.07. The molecule has 5 nitrogen and oxygen atoms in total. The van der Waals surface area contributed by atoms with Gasteiger partial charge in [0.15, 0.2) is 9.84 Å². The fourth-order valence-corrected chi connectivity index (χ4v) is 2.98. The van der Waals surface area contributed by atoms with Gasteiger partial charge in [-0.25, -0.2) is 8.42 Å². The second kappa shape index (κ2) is 5.97. The highest BCUT2D eigenvalue weighted by molar-refractivity contribution is 7.92. The van der Waals surface area contributed by atoms with Gasteiger partial charge in [0, 0.05) is 7.11 Å². The summed E-state index contributed by atoms with van der Waals surface area (Å²) in [7, 11) is -1.75. The Hall–Kier alpha value is -1.14. The minimum Gasteiger partial charge on any atom is -0.481 e. The normalized spacial score (nSPS) is 20.1. The van der Waals surface area contributed by atoms with Gasteiger partial charge >= 0.3 is 5.97 Å². The second-order valence-corrected chi connectivity index (χ2v) is 6.18. The van der Waals surface area contributed by atoms with Gasteiger partial charge in [0.2, 0.25) is 0 Å². The van der Waals surface area contributed by atoms with Crippen LogP contribution in [0.2, 0.25) is 0 Å². The average molecular weight is 260 g/mol. The molecule has 96 valence electrons. The number of carbonyl (C=O) groups is 1. The van der Waals surface area contributed by atoms with E-state index >= 15 is 0 Å². The molecule has 1 aliphatic rings. The highest BCUT2D eigenvalue weighted by Gasteiger charge is 2.23. The third kappa shape index (κ3) is 4.32. The van der Waals surface area contributed by atoms with E-state index in [4.69, 9.17) is 9.84 Å². The molecular weight excluding hydrogens is 244 g/mol. The molecule has 0 spiro atoms. The molecule has 0 heterocycles. The van der Waals surface area contributed by atoms with Crippen LogP contribution in [0.25, 0.3) is 0 Å². The quantitative estimate of drug-likeness (QED) is 0.763. The maximum absolute atomic E-state index is 11.8. The Morgan fingerprint density at radius 2 is 2.29 bits per heavy atom. The molecular formula is C11H16O5S. The predicted molar refractivity (Wildman–Crippen MR) is 63.5 cm³/mol. The molecule has 1 unspecified atom stereocenters. The van der Waals surface area contributed by atoms with E-state index in [1.165, 1.54) is 7.11 Å². The van der Waals surface area contributed by atoms with Crippen LogP contribution >= 0.6 is 0 Å². The van der Waals surface area contributed by atoms with E-state index in [0.717, 1.165) is 0 Å². The van der Waals surface area contributed by atoms with Crippen molar-refractivity contribution in [3.05, 3.63) is 23.8 Å². The first-order valence-electron chi connectivity index (χ1n) is 5.25. The van der Waals surface area contributed by atoms with E-state index < -0.39 is 21.1 Å². The van der Waals surface area contributed by atoms with Crippen LogP contribution in [-0.2, 0) is 19.4 Å². The fraction of sp³-hybridized carbons (Fsp3) is 0.545. The highest BCUT2D eigenvalue weighted by Crippen LogP contribution is 2.19. The molecule has 0 aromatic rings. The van der Waals surface area contributed by atoms with Gasteiger partial charge in [0.1, 0.15) is 0 Å². The lowest BCUT2D eigenvalue weighted by atomic mass is 10.0. The molecule has 0 aromatic heterocycles. The van der Waals surface area contributed by atoms with E-state index in [-0.39, 0.29) is 18.8 Å². The lowest BCUT2D eigenvalue weighted by Crippen LogP contribution is -2.25. The van der Waals surface area contributed by atoms with E-state index in [1.807, 2.05) is 0 Å². The Kier molecular flexibility index (Phi) is 4.89. The molecule has 0 aromatic carbocycles. The van der Waals surface area contributed by atoms with Crippen LogP contribution in [0.3, 0.4) is 0 Å². The lowest BCUT2D eigenvalue weighted by Gasteiger charge is -2.16. The zero-order chi connectivity index (χ0) is 12.9. The summed E-state index contributed by atoms with van der Waals surface area (Å²) in [6, 6.07) is 0. The summed E-state index contributed by atoms with van der Waals surface area (Å²) >= 11 is 0. The number of rotatable bonds is 6. The van der Waals surface area contributed by atoms with Gasteiger partial charge in [-0.15, -0.1) is 0 Å². The van der Waals surface area contributed by atoms with Crippen molar-refractivity contribution in [2.24, 2.45) is 0 Å². The Balaban J connectivity index is 2.61. The molecule has 1 N–H and O–H groups in total. The van der Waals surface area contributed by atoms with Gasteiger partial charge in [-0.3, -0.25) is 4.79 Å². The van der Waals surface area contributed by atoms with Crippen molar-refractivity contribution in [3.8, 4) is 0 Å². The topological polar surface area (TPSA) is 80.7 Å². The third-order valence-electron chi connectivity index (χ3n) is 2.53. The molecule has 6 heteroatoms. The molecule has 0 fully saturated rings. The van der Waals surface area contributed by atoms with Crippen molar-refractivity contribution >= 4 is 15.8 Å². The summed E-state index contributed by atoms with van der Waals surface area (Å²) in [5.41, 5.74) is 0.649. The van der Waals surface area contributed by atoms with E-state index in [2.05, 4.69) is 0 Å². The standard InChI is InChI=1S/C11H16O5S/c1-16-6-7-17(14,15)10-4-2-9(3-5-10)8-11(12)13/h2-4,10H,5-8H2,1H3,(H,12,13). The average Bonchev–Trinajstić information content (AvgIpc) is 2.26. The number of carboxylic acid groups (broad SMARTS) is 1. The molecule has 0 bridgehead atoms. The number of hydrogen-bond acceptors (Lipinski definition) is 4. The molecule has 0 amide bonds. The van der Waals surface area contributed by atoms with Crippen LogP contribution < -0.4 is 0 Å². The zero-order valence-electron chi connectivity index (χ0n) is 9.63. The number of carboxylic acids is 1. The van der Waals surface area contributed by atoms with E-state index in [9.17, 15) is 13.2 Å². The first-order chi connectivity index (χ1) is 7.95. The largest absolute Gasteiger partial charge is 0.481 e. The molecule has 0 saturated heterocycles. The Bertz CT molecular complexity index is 433. The summed E-state index contributed by atoms with van der Waals surface area (Å²) < 4.78 is 28.3. The zero-order valence-corrected chi connectivity index (χ0v) is 10.4. The van der Waals surface area contributed by atoms with Crippen LogP contribution in [0.4, 0.5) is 0 Å². The number of aliphatic carboxylic acids is 1. The van der Waals surface area contributed by atoms with Crippen molar-refractivity contribution < 1.29 is 23.1 Å². The van der Waals surface area contributed by atoms with Crippen LogP contribution in [-0.4, -0.2) is 44.2 Å². The molecule has 0 radical (unpaired) electrons. The Labute approximate surface area is 101 Å². The van der Waals surface area contributed by atoms with Crippen molar-refractivity contribution in [1.82, 2.24) is 0 Å². The minimum atomic E-state index is -3.20. The van der Waals surface area contributed by atoms with E-state index in [1.54, 1.807) is 18.2 Å². The molecule has 0 aliphatic heterocycles. The number of ether oxygens (including phenoxy) is 1. The van der Waals surface area contributed by atoms with Crippen LogP contribution in [0.15, 0.2) is 23.8 Å². The summed E-state index contributed by atoms with van der Waals surface area (Å²) in [5.74, 6) is -0.928. The number of allylic oxidation sites excluding steroid dienone is 2. The first kappa shape index (κ1) is 13.9. The Morgan fingerprint density at radius 3 is 2.76 bits per heavy atom. The first-order valence-corrected chi connectivity index (χ1v) is 6.97. The Morgan fingerprint density at radius 1 is 1.59 bits per heavy atom. The smallest absolute Gasteiger partial charge is 0.307 e. The van der Waals surface area contributed by atoms with Crippen molar-refractivity contribution in [2.75, 3.05) is 19.5 Å². The van der Waals surface area contributed by atoms with Gasteiger partial charge in [0.05, 0.1) is 24.0 Å². The lowest BCUT2D eigenvalue weighted by molar-refractivity contribution is -0.136. The summed E-state index contributed by atoms with van der Waals surface area (Å²) in [4.78, 5) is 10.5. The van der Waals surface area contributed by atoms with Gasteiger partial charge < -0.3 is 9.84 Å². The fourth-order valence-electron chi connectivity index (χ4n) is 1.57. The highest BCUT2D eigenvalue weighted by atomic mass is 32.2. The third-order valence-corrected chi connectivity index (χ3v) is 4.53. The van der Waals surface area contributed by atoms with Crippen molar-refractivity contribution in [1.29, 1.82) is 0 Å². The van der Waals surface area contributed by atoms with Gasteiger partial charge in [-0.1, -0.05) is 18.2 Å². The van der Waals surface area contributed by atoms with Gasteiger partial charge in [0.25, 0.3) is 0 Å². The predicted octanol–water partition coefficient (Wildman–Crippen LogP) is 0.777. The number of hydrogen-bond donors (Lipinski definition) is 1. The monoisotopic (exact) mass is 260 g/mol. The van der Waals surface area contributed by atoms with Crippen LogP contribution in [0, 0.1) is 0 Å². The van der Waals surface area contributed by atoms with Crippen molar-refractivity contribution in [3.63, 3.8) is 0 Å². The molecule has 1 rings (SSSR count). The molecule has 17 heavy (non-hydrogen) atoms. The second-order valence-electron chi connectivity index (χ2n) is 3.84. The van der Waals surface area contributed by atoms with Gasteiger partial charge in [-0.2, -0.15) is 0 Å². The van der Waals surface area contributed by atoms with E-state index in [0.29, 0.717) is 12.0 Å². The minimum absolute atomic E-state index is 0.0133. The maximum atomic E-state index is 11.8. The summed E-state index contributed by atoms with van der Waals surface area (Å²) in [5, 5.41) is 8.04. The summed E-state index contributed by atoms with van der Waals surface area (Å²) in [6.45, 7) is 0.179. The molecule has 1 atom stereocenters. The van der Waals surface area contributed by atoms with Crippen LogP contribution in [0.1, 0.15) is 12.8 Å². The van der Waals surface area contributed by atoms with Crippen LogP contribution in [0.5, 0.6) is 0 Å². The maximum Gasteiger partial charge on any atom is 0.307 e. The number of methoxy groups -OCH3 is 1. The molecule has 1 aliphatic carbocycles. The van der Waals surface area contributed by atoms with Gasteiger partial charge in [-0.05, 0) is 12.0 Å². The van der Waals surface area contributed by atoms with Crippen molar-refractivity contribution in [2.45, 2.75) is 18.1 Å². The molecule has 0 saturated carbocycles. The number of sulfone groups is 1. The SMILES string of the molecule is COCCS(=O)(=O)C1C=CC(CC(=O)O)=CC1.